The molecule has 0 N–H and O–H groups in total. The molecule has 0 radical (unpaired) electrons. The maximum atomic E-state index is 2.45. The highest BCUT2D eigenvalue weighted by atomic mass is 14.2. The fraction of sp³-hybridized carbons (Fsp3) is 0.0435. The van der Waals surface area contributed by atoms with Gasteiger partial charge in [0.1, 0.15) is 0 Å². The van der Waals surface area contributed by atoms with Crippen LogP contribution in [0.1, 0.15) is 17.5 Å². The molecule has 9 aromatic carbocycles. The molecule has 214 valence electrons. The summed E-state index contributed by atoms with van der Waals surface area (Å²) in [4.78, 5) is 0. The van der Waals surface area contributed by atoms with Crippen molar-refractivity contribution in [1.29, 1.82) is 0 Å². The summed E-state index contributed by atoms with van der Waals surface area (Å²) < 4.78 is 0. The Kier molecular flexibility index (Phi) is 5.50. The number of rotatable bonds is 3. The highest BCUT2D eigenvalue weighted by Gasteiger charge is 2.20. The van der Waals surface area contributed by atoms with E-state index in [0.29, 0.717) is 0 Å². The lowest BCUT2D eigenvalue weighted by molar-refractivity contribution is 0.986. The first kappa shape index (κ1) is 25.6. The summed E-state index contributed by atoms with van der Waals surface area (Å²) >= 11 is 0. The zero-order valence-electron chi connectivity index (χ0n) is 25.4. The molecular weight excluding hydrogens is 553 g/mol. The fourth-order valence-corrected chi connectivity index (χ4v) is 8.03. The van der Waals surface area contributed by atoms with E-state index in [4.69, 9.17) is 0 Å². The monoisotopic (exact) mass is 582 g/mol. The minimum absolute atomic E-state index is 1.11. The minimum atomic E-state index is 1.11. The molecule has 0 saturated carbocycles. The first-order valence-corrected chi connectivity index (χ1v) is 16.3. The number of hydrogen-bond acceptors (Lipinski definition) is 0. The molecule has 0 bridgehead atoms. The molecule has 10 rings (SSSR count). The second kappa shape index (κ2) is 9.89. The van der Waals surface area contributed by atoms with E-state index in [1.807, 2.05) is 0 Å². The zero-order valence-corrected chi connectivity index (χ0v) is 25.4. The highest BCUT2D eigenvalue weighted by molar-refractivity contribution is 6.30. The molecule has 0 aliphatic heterocycles. The first-order valence-electron chi connectivity index (χ1n) is 16.3. The van der Waals surface area contributed by atoms with E-state index < -0.39 is 0 Å². The van der Waals surface area contributed by atoms with Crippen LogP contribution in [0, 0.1) is 0 Å². The van der Waals surface area contributed by atoms with Gasteiger partial charge >= 0.3 is 0 Å². The second-order valence-electron chi connectivity index (χ2n) is 12.8. The quantitative estimate of drug-likeness (QED) is 0.182. The molecule has 0 unspecified atom stereocenters. The van der Waals surface area contributed by atoms with Gasteiger partial charge in [-0.1, -0.05) is 146 Å². The van der Waals surface area contributed by atoms with Gasteiger partial charge in [0.15, 0.2) is 0 Å². The predicted octanol–water partition coefficient (Wildman–Crippen LogP) is 12.9. The smallest absolute Gasteiger partial charge is 0.00141 e. The summed E-state index contributed by atoms with van der Waals surface area (Å²) in [5.41, 5.74) is 10.5. The van der Waals surface area contributed by atoms with Crippen LogP contribution in [0.5, 0.6) is 0 Å². The average Bonchev–Trinajstić information content (AvgIpc) is 3.13. The van der Waals surface area contributed by atoms with Gasteiger partial charge in [-0.2, -0.15) is 0 Å². The molecule has 0 saturated heterocycles. The van der Waals surface area contributed by atoms with Crippen LogP contribution in [-0.4, -0.2) is 0 Å². The van der Waals surface area contributed by atoms with Crippen LogP contribution in [0.25, 0.3) is 93.3 Å². The first-order chi connectivity index (χ1) is 22.8. The number of benzene rings is 9. The molecule has 1 aliphatic rings. The third-order valence-electron chi connectivity index (χ3n) is 10.3. The third kappa shape index (κ3) is 3.80. The molecule has 0 heterocycles. The highest BCUT2D eigenvalue weighted by Crippen LogP contribution is 2.47. The van der Waals surface area contributed by atoms with Crippen molar-refractivity contribution in [2.24, 2.45) is 0 Å². The Bertz CT molecular complexity index is 2680. The van der Waals surface area contributed by atoms with E-state index in [2.05, 4.69) is 158 Å². The lowest BCUT2D eigenvalue weighted by atomic mass is 9.83. The Balaban J connectivity index is 1.33. The van der Waals surface area contributed by atoms with Gasteiger partial charge in [-0.05, 0) is 123 Å². The Labute approximate surface area is 268 Å². The Morgan fingerprint density at radius 3 is 2.00 bits per heavy atom. The van der Waals surface area contributed by atoms with Gasteiger partial charge in [-0.3, -0.25) is 0 Å². The molecule has 0 atom stereocenters. The number of hydrogen-bond donors (Lipinski definition) is 0. The van der Waals surface area contributed by atoms with Gasteiger partial charge in [-0.25, -0.2) is 0 Å². The van der Waals surface area contributed by atoms with E-state index in [-0.39, 0.29) is 0 Å². The maximum Gasteiger partial charge on any atom is -0.00141 e. The largest absolute Gasteiger partial charge is 0.0836 e. The van der Waals surface area contributed by atoms with Gasteiger partial charge in [0.2, 0.25) is 0 Å². The van der Waals surface area contributed by atoms with Gasteiger partial charge < -0.3 is 0 Å². The molecule has 0 spiro atoms. The van der Waals surface area contributed by atoms with Crippen molar-refractivity contribution in [3.63, 3.8) is 0 Å². The van der Waals surface area contributed by atoms with Crippen LogP contribution in [0.4, 0.5) is 0 Å². The van der Waals surface area contributed by atoms with Crippen molar-refractivity contribution in [3.05, 3.63) is 163 Å². The Morgan fingerprint density at radius 1 is 0.370 bits per heavy atom. The molecule has 0 amide bonds. The van der Waals surface area contributed by atoms with Gasteiger partial charge in [0.05, 0.1) is 0 Å². The molecule has 0 heteroatoms. The normalized spacial score (nSPS) is 13.0. The maximum absolute atomic E-state index is 2.45. The van der Waals surface area contributed by atoms with Crippen LogP contribution >= 0.6 is 0 Å². The third-order valence-corrected chi connectivity index (χ3v) is 10.3. The fourth-order valence-electron chi connectivity index (χ4n) is 8.03. The van der Waals surface area contributed by atoms with E-state index >= 15 is 0 Å². The van der Waals surface area contributed by atoms with E-state index in [9.17, 15) is 0 Å². The summed E-state index contributed by atoms with van der Waals surface area (Å²) in [7, 11) is 0. The predicted molar refractivity (Wildman–Crippen MR) is 199 cm³/mol. The van der Waals surface area contributed by atoms with Crippen molar-refractivity contribution in [3.8, 4) is 33.4 Å². The van der Waals surface area contributed by atoms with Crippen molar-refractivity contribution in [2.75, 3.05) is 0 Å². The van der Waals surface area contributed by atoms with Crippen molar-refractivity contribution in [2.45, 2.75) is 12.8 Å². The van der Waals surface area contributed by atoms with Gasteiger partial charge in [0.25, 0.3) is 0 Å². The second-order valence-corrected chi connectivity index (χ2v) is 12.8. The summed E-state index contributed by atoms with van der Waals surface area (Å²) in [6, 6.07) is 54.7. The minimum Gasteiger partial charge on any atom is -0.0836 e. The van der Waals surface area contributed by atoms with Crippen LogP contribution in [-0.2, 0) is 6.42 Å². The van der Waals surface area contributed by atoms with Crippen molar-refractivity contribution < 1.29 is 0 Å². The number of aryl methyl sites for hydroxylation is 1. The van der Waals surface area contributed by atoms with Crippen LogP contribution in [0.2, 0.25) is 0 Å². The summed E-state index contributed by atoms with van der Waals surface area (Å²) in [6.07, 6.45) is 6.78. The average molecular weight is 583 g/mol. The van der Waals surface area contributed by atoms with E-state index in [1.165, 1.54) is 98.4 Å². The molecule has 9 aromatic rings. The van der Waals surface area contributed by atoms with Gasteiger partial charge in [-0.15, -0.1) is 0 Å². The molecule has 0 nitrogen and oxygen atoms in total. The molecule has 46 heavy (non-hydrogen) atoms. The Morgan fingerprint density at radius 2 is 1.07 bits per heavy atom. The Hall–Kier alpha value is -5.72. The van der Waals surface area contributed by atoms with Crippen LogP contribution in [0.3, 0.4) is 0 Å². The molecular formula is C46H30. The van der Waals surface area contributed by atoms with Crippen molar-refractivity contribution in [1.82, 2.24) is 0 Å². The molecule has 1 aliphatic carbocycles. The van der Waals surface area contributed by atoms with Crippen molar-refractivity contribution >= 4 is 59.9 Å². The van der Waals surface area contributed by atoms with E-state index in [1.54, 1.807) is 0 Å². The number of fused-ring (bicyclic) bond motifs is 3. The lowest BCUT2D eigenvalue weighted by Gasteiger charge is -2.20. The van der Waals surface area contributed by atoms with E-state index in [0.717, 1.165) is 12.8 Å². The topological polar surface area (TPSA) is 0 Å². The van der Waals surface area contributed by atoms with Crippen LogP contribution in [0.15, 0.2) is 152 Å². The molecule has 0 fully saturated rings. The summed E-state index contributed by atoms with van der Waals surface area (Å²) in [5.74, 6) is 0. The lowest BCUT2D eigenvalue weighted by Crippen LogP contribution is -1.95. The van der Waals surface area contributed by atoms with Gasteiger partial charge in [0, 0.05) is 0 Å². The SMILES string of the molecule is C1=Cc2ccc(-c3ccc4ccc5c(-c6cccc7ccccc67)cc(-c6ccc7ccccc7c6)c6ccc3c4c65)cc2CC1. The van der Waals surface area contributed by atoms with Crippen LogP contribution < -0.4 is 0 Å². The standard InChI is InChI=1S/C46H30/c1-3-11-33-26-35(18-16-29(33)8-1)38-22-20-32-21-23-42-44(39-15-7-13-31-10-5-6-14-37(31)39)28-43(41-25-24-40(38)45(32)46(41)42)36-19-17-30-9-2-4-12-34(30)27-36/h1-2,4-10,12-28H,3,11H2. The summed E-state index contributed by atoms with van der Waals surface area (Å²) in [5, 5.41) is 13.0. The zero-order chi connectivity index (χ0) is 30.2. The summed E-state index contributed by atoms with van der Waals surface area (Å²) in [6.45, 7) is 0. The number of allylic oxidation sites excluding steroid dienone is 1. The molecule has 0 aromatic heterocycles.